The van der Waals surface area contributed by atoms with Crippen LogP contribution in [0.15, 0.2) is 36.5 Å². The SMILES string of the molecule is CC(NCc1ccc(F)c(CO)c1)c1ccc(F)cn1. The molecule has 2 rings (SSSR count). The summed E-state index contributed by atoms with van der Waals surface area (Å²) in [5.41, 5.74) is 1.87. The maximum absolute atomic E-state index is 13.2. The molecule has 0 amide bonds. The van der Waals surface area contributed by atoms with Gasteiger partial charge in [-0.3, -0.25) is 4.98 Å². The maximum atomic E-state index is 13.2. The highest BCUT2D eigenvalue weighted by molar-refractivity contribution is 5.24. The van der Waals surface area contributed by atoms with Crippen molar-refractivity contribution in [3.05, 3.63) is 65.0 Å². The lowest BCUT2D eigenvalue weighted by molar-refractivity contribution is 0.275. The number of halogens is 2. The fourth-order valence-electron chi connectivity index (χ4n) is 1.88. The minimum absolute atomic E-state index is 0.0572. The summed E-state index contributed by atoms with van der Waals surface area (Å²) in [5.74, 6) is -0.781. The largest absolute Gasteiger partial charge is 0.392 e. The third-order valence-electron chi connectivity index (χ3n) is 3.09. The van der Waals surface area contributed by atoms with Crippen molar-refractivity contribution >= 4 is 0 Å². The van der Waals surface area contributed by atoms with Crippen LogP contribution in [0.4, 0.5) is 8.78 Å². The van der Waals surface area contributed by atoms with Crippen LogP contribution in [0.5, 0.6) is 0 Å². The predicted octanol–water partition coefficient (Wildman–Crippen LogP) is 2.70. The number of hydrogen-bond donors (Lipinski definition) is 2. The zero-order valence-electron chi connectivity index (χ0n) is 11.1. The number of nitrogens with zero attached hydrogens (tertiary/aromatic N) is 1. The molecule has 0 saturated heterocycles. The van der Waals surface area contributed by atoms with Crippen molar-refractivity contribution in [3.63, 3.8) is 0 Å². The van der Waals surface area contributed by atoms with Crippen LogP contribution in [0.1, 0.15) is 29.8 Å². The smallest absolute Gasteiger partial charge is 0.141 e. The van der Waals surface area contributed by atoms with Gasteiger partial charge in [0.05, 0.1) is 18.5 Å². The lowest BCUT2D eigenvalue weighted by Crippen LogP contribution is -2.19. The molecule has 0 aliphatic carbocycles. The minimum Gasteiger partial charge on any atom is -0.392 e. The summed E-state index contributed by atoms with van der Waals surface area (Å²) in [6.45, 7) is 2.10. The number of aromatic nitrogens is 1. The van der Waals surface area contributed by atoms with Gasteiger partial charge in [-0.25, -0.2) is 8.78 Å². The summed E-state index contributed by atoms with van der Waals surface area (Å²) in [7, 11) is 0. The second-order valence-corrected chi connectivity index (χ2v) is 4.59. The first-order valence-electron chi connectivity index (χ1n) is 6.33. The molecule has 2 N–H and O–H groups in total. The van der Waals surface area contributed by atoms with Crippen LogP contribution in [0.2, 0.25) is 0 Å². The summed E-state index contributed by atoms with van der Waals surface area (Å²) in [4.78, 5) is 4.00. The molecule has 2 aromatic rings. The van der Waals surface area contributed by atoms with Crippen LogP contribution in [0, 0.1) is 11.6 Å². The first kappa shape index (κ1) is 14.6. The van der Waals surface area contributed by atoms with Gasteiger partial charge in [0, 0.05) is 18.2 Å². The molecule has 1 aromatic carbocycles. The molecule has 0 bridgehead atoms. The Morgan fingerprint density at radius 1 is 1.25 bits per heavy atom. The van der Waals surface area contributed by atoms with Crippen LogP contribution in [0.3, 0.4) is 0 Å². The van der Waals surface area contributed by atoms with Crippen molar-refractivity contribution in [1.82, 2.24) is 10.3 Å². The van der Waals surface area contributed by atoms with Crippen LogP contribution in [-0.2, 0) is 13.2 Å². The number of rotatable bonds is 5. The van der Waals surface area contributed by atoms with E-state index in [9.17, 15) is 8.78 Å². The van der Waals surface area contributed by atoms with Gasteiger partial charge in [0.15, 0.2) is 0 Å². The Kier molecular flexibility index (Phi) is 4.76. The third kappa shape index (κ3) is 3.59. The van der Waals surface area contributed by atoms with E-state index in [4.69, 9.17) is 5.11 Å². The van der Waals surface area contributed by atoms with Gasteiger partial charge in [0.1, 0.15) is 11.6 Å². The van der Waals surface area contributed by atoms with Gasteiger partial charge < -0.3 is 10.4 Å². The maximum Gasteiger partial charge on any atom is 0.141 e. The van der Waals surface area contributed by atoms with Crippen LogP contribution in [0.25, 0.3) is 0 Å². The number of benzene rings is 1. The average Bonchev–Trinajstić information content (AvgIpc) is 2.46. The van der Waals surface area contributed by atoms with Crippen molar-refractivity contribution in [3.8, 4) is 0 Å². The Morgan fingerprint density at radius 3 is 2.70 bits per heavy atom. The van der Waals surface area contributed by atoms with E-state index in [0.717, 1.165) is 11.3 Å². The van der Waals surface area contributed by atoms with Crippen LogP contribution < -0.4 is 5.32 Å². The standard InChI is InChI=1S/C15H16F2N2O/c1-10(15-5-3-13(16)8-19-15)18-7-11-2-4-14(17)12(6-11)9-20/h2-6,8,10,18,20H,7,9H2,1H3. The zero-order chi connectivity index (χ0) is 14.5. The predicted molar refractivity (Wildman–Crippen MR) is 71.8 cm³/mol. The molecule has 106 valence electrons. The van der Waals surface area contributed by atoms with E-state index in [-0.39, 0.29) is 24.0 Å². The van der Waals surface area contributed by atoms with Crippen molar-refractivity contribution in [2.45, 2.75) is 26.1 Å². The van der Waals surface area contributed by atoms with Gasteiger partial charge in [0.25, 0.3) is 0 Å². The summed E-state index contributed by atoms with van der Waals surface area (Å²) in [6.07, 6.45) is 1.18. The number of aliphatic hydroxyl groups is 1. The fraction of sp³-hybridized carbons (Fsp3) is 0.267. The molecular weight excluding hydrogens is 262 g/mol. The van der Waals surface area contributed by atoms with Crippen LogP contribution >= 0.6 is 0 Å². The highest BCUT2D eigenvalue weighted by atomic mass is 19.1. The molecule has 0 aliphatic heterocycles. The van der Waals surface area contributed by atoms with E-state index >= 15 is 0 Å². The summed E-state index contributed by atoms with van der Waals surface area (Å²) < 4.78 is 26.0. The minimum atomic E-state index is -0.413. The Hall–Kier alpha value is -1.85. The van der Waals surface area contributed by atoms with Gasteiger partial charge in [-0.1, -0.05) is 6.07 Å². The molecule has 20 heavy (non-hydrogen) atoms. The zero-order valence-corrected chi connectivity index (χ0v) is 11.1. The monoisotopic (exact) mass is 278 g/mol. The van der Waals surface area contributed by atoms with E-state index in [1.165, 1.54) is 18.3 Å². The summed E-state index contributed by atoms with van der Waals surface area (Å²) in [5, 5.41) is 12.2. The molecular formula is C15H16F2N2O. The molecule has 1 unspecified atom stereocenters. The van der Waals surface area contributed by atoms with Crippen molar-refractivity contribution < 1.29 is 13.9 Å². The van der Waals surface area contributed by atoms with E-state index in [2.05, 4.69) is 10.3 Å². The van der Waals surface area contributed by atoms with Gasteiger partial charge in [-0.2, -0.15) is 0 Å². The number of nitrogens with one attached hydrogen (secondary N) is 1. The number of hydrogen-bond acceptors (Lipinski definition) is 3. The van der Waals surface area contributed by atoms with E-state index in [0.29, 0.717) is 6.54 Å². The van der Waals surface area contributed by atoms with Gasteiger partial charge in [-0.05, 0) is 36.8 Å². The van der Waals surface area contributed by atoms with Crippen LogP contribution in [-0.4, -0.2) is 10.1 Å². The molecule has 0 aliphatic rings. The second kappa shape index (κ2) is 6.54. The normalized spacial score (nSPS) is 12.4. The van der Waals surface area contributed by atoms with Gasteiger partial charge in [-0.15, -0.1) is 0 Å². The summed E-state index contributed by atoms with van der Waals surface area (Å²) in [6, 6.07) is 7.54. The molecule has 5 heteroatoms. The van der Waals surface area contributed by atoms with E-state index in [1.54, 1.807) is 18.2 Å². The molecule has 0 radical (unpaired) electrons. The molecule has 0 fully saturated rings. The highest BCUT2D eigenvalue weighted by Gasteiger charge is 2.08. The first-order valence-corrected chi connectivity index (χ1v) is 6.33. The average molecular weight is 278 g/mol. The Bertz CT molecular complexity index is 573. The molecule has 0 spiro atoms. The Morgan fingerprint density at radius 2 is 2.05 bits per heavy atom. The first-order chi connectivity index (χ1) is 9.60. The van der Waals surface area contributed by atoms with Crippen molar-refractivity contribution in [1.29, 1.82) is 0 Å². The van der Waals surface area contributed by atoms with Crippen molar-refractivity contribution in [2.75, 3.05) is 0 Å². The van der Waals surface area contributed by atoms with Gasteiger partial charge >= 0.3 is 0 Å². The Labute approximate surface area is 116 Å². The molecule has 1 atom stereocenters. The molecule has 1 aromatic heterocycles. The quantitative estimate of drug-likeness (QED) is 0.884. The number of pyridine rings is 1. The molecule has 3 nitrogen and oxygen atoms in total. The lowest BCUT2D eigenvalue weighted by atomic mass is 10.1. The lowest BCUT2D eigenvalue weighted by Gasteiger charge is -2.14. The topological polar surface area (TPSA) is 45.1 Å². The van der Waals surface area contributed by atoms with Gasteiger partial charge in [0.2, 0.25) is 0 Å². The molecule has 0 saturated carbocycles. The van der Waals surface area contributed by atoms with E-state index < -0.39 is 5.82 Å². The molecule has 1 heterocycles. The number of aliphatic hydroxyl groups excluding tert-OH is 1. The fourth-order valence-corrected chi connectivity index (χ4v) is 1.88. The highest BCUT2D eigenvalue weighted by Crippen LogP contribution is 2.13. The third-order valence-corrected chi connectivity index (χ3v) is 3.09. The van der Waals surface area contributed by atoms with Crippen molar-refractivity contribution in [2.24, 2.45) is 0 Å². The Balaban J connectivity index is 1.99. The summed E-state index contributed by atoms with van der Waals surface area (Å²) >= 11 is 0. The second-order valence-electron chi connectivity index (χ2n) is 4.59. The van der Waals surface area contributed by atoms with E-state index in [1.807, 2.05) is 6.92 Å².